The molecular weight excluding hydrogens is 422 g/mol. The molecule has 2 unspecified atom stereocenters. The fourth-order valence-corrected chi connectivity index (χ4v) is 4.29. The number of pyridine rings is 1. The van der Waals surface area contributed by atoms with E-state index in [9.17, 15) is 13.6 Å². The normalized spacial score (nSPS) is 16.6. The number of hydrogen-bond acceptors (Lipinski definition) is 4. The van der Waals surface area contributed by atoms with Gasteiger partial charge < -0.3 is 15.1 Å². The summed E-state index contributed by atoms with van der Waals surface area (Å²) in [5.41, 5.74) is 2.80. The number of rotatable bonds is 6. The number of carbonyl (C=O) groups is 1. The minimum absolute atomic E-state index is 0.104. The molecule has 1 fully saturated rings. The maximum Gasteiger partial charge on any atom is 0.254 e. The SMILES string of the molecule is CNC(C)c1cccc(C(=O)N2CCCC2c2cc(N(C)c3ccc(F)cc3)ncc2F)c1. The molecule has 4 rings (SSSR count). The Hall–Kier alpha value is -3.32. The molecule has 3 aromatic rings. The predicted molar refractivity (Wildman–Crippen MR) is 126 cm³/mol. The second-order valence-corrected chi connectivity index (χ2v) is 8.39. The highest BCUT2D eigenvalue weighted by Crippen LogP contribution is 2.36. The number of hydrogen-bond donors (Lipinski definition) is 1. The van der Waals surface area contributed by atoms with Gasteiger partial charge in [0, 0.05) is 36.4 Å². The smallest absolute Gasteiger partial charge is 0.254 e. The minimum Gasteiger partial charge on any atom is -0.331 e. The molecule has 0 bridgehead atoms. The van der Waals surface area contributed by atoms with E-state index in [-0.39, 0.29) is 23.8 Å². The van der Waals surface area contributed by atoms with Gasteiger partial charge in [-0.2, -0.15) is 0 Å². The highest BCUT2D eigenvalue weighted by Gasteiger charge is 2.33. The lowest BCUT2D eigenvalue weighted by Gasteiger charge is -2.27. The van der Waals surface area contributed by atoms with E-state index >= 15 is 0 Å². The van der Waals surface area contributed by atoms with Gasteiger partial charge >= 0.3 is 0 Å². The Bertz CT molecular complexity index is 1140. The molecule has 7 heteroatoms. The van der Waals surface area contributed by atoms with Crippen molar-refractivity contribution >= 4 is 17.4 Å². The van der Waals surface area contributed by atoms with E-state index < -0.39 is 5.82 Å². The van der Waals surface area contributed by atoms with Gasteiger partial charge in [-0.15, -0.1) is 0 Å². The molecule has 2 aromatic carbocycles. The minimum atomic E-state index is -0.437. The zero-order valence-corrected chi connectivity index (χ0v) is 19.1. The number of nitrogens with one attached hydrogen (secondary N) is 1. The maximum absolute atomic E-state index is 14.9. The standard InChI is InChI=1S/C26H28F2N4O/c1-17(29-2)18-6-4-7-19(14-18)26(33)32-13-5-8-24(32)22-15-25(30-16-23(22)28)31(3)21-11-9-20(27)10-12-21/h4,6-7,9-12,14-17,24,29H,5,8,13H2,1-3H3. The van der Waals surface area contributed by atoms with Crippen molar-refractivity contribution in [1.29, 1.82) is 0 Å². The van der Waals surface area contributed by atoms with E-state index in [1.165, 1.54) is 18.3 Å². The van der Waals surface area contributed by atoms with Gasteiger partial charge in [0.2, 0.25) is 0 Å². The van der Waals surface area contributed by atoms with Gasteiger partial charge in [0.25, 0.3) is 5.91 Å². The number of halogens is 2. The summed E-state index contributed by atoms with van der Waals surface area (Å²) in [7, 11) is 3.67. The number of likely N-dealkylation sites (tertiary alicyclic amines) is 1. The van der Waals surface area contributed by atoms with E-state index in [1.807, 2.05) is 32.2 Å². The molecule has 1 saturated heterocycles. The second-order valence-electron chi connectivity index (χ2n) is 8.39. The third-order valence-electron chi connectivity index (χ3n) is 6.37. The van der Waals surface area contributed by atoms with Crippen LogP contribution in [0.4, 0.5) is 20.3 Å². The average Bonchev–Trinajstić information content (AvgIpc) is 3.33. The first kappa shape index (κ1) is 22.9. The quantitative estimate of drug-likeness (QED) is 0.547. The van der Waals surface area contributed by atoms with Crippen LogP contribution < -0.4 is 10.2 Å². The summed E-state index contributed by atoms with van der Waals surface area (Å²) < 4.78 is 28.2. The van der Waals surface area contributed by atoms with Crippen molar-refractivity contribution in [3.05, 3.63) is 89.1 Å². The molecule has 1 aliphatic heterocycles. The fourth-order valence-electron chi connectivity index (χ4n) is 4.29. The highest BCUT2D eigenvalue weighted by atomic mass is 19.1. The van der Waals surface area contributed by atoms with Crippen LogP contribution in [0.15, 0.2) is 60.8 Å². The van der Waals surface area contributed by atoms with Gasteiger partial charge in [0.1, 0.15) is 17.5 Å². The predicted octanol–water partition coefficient (Wildman–Crippen LogP) is 5.39. The number of anilines is 2. The molecular formula is C26H28F2N4O. The van der Waals surface area contributed by atoms with Crippen LogP contribution in [0.2, 0.25) is 0 Å². The Labute approximate surface area is 193 Å². The topological polar surface area (TPSA) is 48.5 Å². The molecule has 0 saturated carbocycles. The average molecular weight is 451 g/mol. The molecule has 1 aliphatic rings. The van der Waals surface area contributed by atoms with Gasteiger partial charge in [-0.1, -0.05) is 12.1 Å². The first-order chi connectivity index (χ1) is 15.9. The van der Waals surface area contributed by atoms with Gasteiger partial charge in [0.05, 0.1) is 12.2 Å². The molecule has 0 spiro atoms. The highest BCUT2D eigenvalue weighted by molar-refractivity contribution is 5.95. The Kier molecular flexibility index (Phi) is 6.70. The van der Waals surface area contributed by atoms with E-state index in [0.717, 1.165) is 17.7 Å². The summed E-state index contributed by atoms with van der Waals surface area (Å²) >= 11 is 0. The molecule has 0 aliphatic carbocycles. The first-order valence-corrected chi connectivity index (χ1v) is 11.1. The lowest BCUT2D eigenvalue weighted by Crippen LogP contribution is -2.31. The zero-order valence-electron chi connectivity index (χ0n) is 19.1. The summed E-state index contributed by atoms with van der Waals surface area (Å²) in [4.78, 5) is 21.1. The molecule has 1 amide bonds. The number of aromatic nitrogens is 1. The Morgan fingerprint density at radius 2 is 1.94 bits per heavy atom. The summed E-state index contributed by atoms with van der Waals surface area (Å²) in [5.74, 6) is -0.337. The molecule has 172 valence electrons. The van der Waals surface area contributed by atoms with E-state index in [0.29, 0.717) is 29.9 Å². The number of nitrogens with zero attached hydrogens (tertiary/aromatic N) is 3. The summed E-state index contributed by atoms with van der Waals surface area (Å²) in [5, 5.41) is 3.19. The van der Waals surface area contributed by atoms with Gasteiger partial charge in [0.15, 0.2) is 0 Å². The summed E-state index contributed by atoms with van der Waals surface area (Å²) in [6.45, 7) is 2.61. The van der Waals surface area contributed by atoms with E-state index in [2.05, 4.69) is 10.3 Å². The van der Waals surface area contributed by atoms with Gasteiger partial charge in [-0.3, -0.25) is 4.79 Å². The molecule has 1 N–H and O–H groups in total. The van der Waals surface area contributed by atoms with Crippen molar-refractivity contribution in [2.75, 3.05) is 25.5 Å². The molecule has 33 heavy (non-hydrogen) atoms. The van der Waals surface area contributed by atoms with Crippen molar-refractivity contribution in [3.63, 3.8) is 0 Å². The lowest BCUT2D eigenvalue weighted by atomic mass is 10.0. The maximum atomic E-state index is 14.9. The molecule has 2 heterocycles. The molecule has 1 aromatic heterocycles. The third kappa shape index (κ3) is 4.73. The largest absolute Gasteiger partial charge is 0.331 e. The van der Waals surface area contributed by atoms with Gasteiger partial charge in [-0.25, -0.2) is 13.8 Å². The van der Waals surface area contributed by atoms with Crippen LogP contribution in [-0.2, 0) is 0 Å². The Morgan fingerprint density at radius 3 is 2.67 bits per heavy atom. The van der Waals surface area contributed by atoms with E-state index in [1.54, 1.807) is 41.1 Å². The van der Waals surface area contributed by atoms with Crippen LogP contribution in [0.25, 0.3) is 0 Å². The number of benzene rings is 2. The summed E-state index contributed by atoms with van der Waals surface area (Å²) in [6, 6.07) is 15.0. The van der Waals surface area contributed by atoms with Crippen LogP contribution in [0, 0.1) is 11.6 Å². The van der Waals surface area contributed by atoms with Crippen LogP contribution >= 0.6 is 0 Å². The van der Waals surface area contributed by atoms with Crippen molar-refractivity contribution in [2.45, 2.75) is 31.8 Å². The number of amides is 1. The van der Waals surface area contributed by atoms with Crippen molar-refractivity contribution in [3.8, 4) is 0 Å². The Morgan fingerprint density at radius 1 is 1.18 bits per heavy atom. The fraction of sp³-hybridized carbons (Fsp3) is 0.308. The van der Waals surface area contributed by atoms with Crippen molar-refractivity contribution in [2.24, 2.45) is 0 Å². The Balaban J connectivity index is 1.62. The van der Waals surface area contributed by atoms with Crippen molar-refractivity contribution < 1.29 is 13.6 Å². The zero-order chi connectivity index (χ0) is 23.5. The van der Waals surface area contributed by atoms with Gasteiger partial charge in [-0.05, 0) is 74.8 Å². The van der Waals surface area contributed by atoms with Crippen LogP contribution in [0.5, 0.6) is 0 Å². The molecule has 2 atom stereocenters. The molecule has 5 nitrogen and oxygen atoms in total. The monoisotopic (exact) mass is 450 g/mol. The van der Waals surface area contributed by atoms with Crippen LogP contribution in [-0.4, -0.2) is 36.4 Å². The first-order valence-electron chi connectivity index (χ1n) is 11.1. The van der Waals surface area contributed by atoms with Crippen molar-refractivity contribution in [1.82, 2.24) is 15.2 Å². The summed E-state index contributed by atoms with van der Waals surface area (Å²) in [6.07, 6.45) is 2.67. The lowest BCUT2D eigenvalue weighted by molar-refractivity contribution is 0.0733. The van der Waals surface area contributed by atoms with Crippen LogP contribution in [0.3, 0.4) is 0 Å². The second kappa shape index (κ2) is 9.67. The van der Waals surface area contributed by atoms with E-state index in [4.69, 9.17) is 0 Å². The molecule has 0 radical (unpaired) electrons. The third-order valence-corrected chi connectivity index (χ3v) is 6.37. The van der Waals surface area contributed by atoms with Crippen LogP contribution in [0.1, 0.15) is 53.3 Å². The number of carbonyl (C=O) groups excluding carboxylic acids is 1.